The van der Waals surface area contributed by atoms with E-state index < -0.39 is 5.97 Å². The standard InChI is InChI=1S/C22H24N4O4/c27-20(15-25-13-11-24(12-14-25)10-9-21(28)29)26-18-7-3-1-5-16(18)22(30)23-17-6-2-4-8-19(17)26/h1-8H,9-15H2,(H,23,30)(H,28,29). The molecule has 2 aromatic carbocycles. The Kier molecular flexibility index (Phi) is 5.78. The Hall–Kier alpha value is -3.23. The van der Waals surface area contributed by atoms with Crippen molar-refractivity contribution >= 4 is 34.8 Å². The maximum Gasteiger partial charge on any atom is 0.304 e. The fourth-order valence-corrected chi connectivity index (χ4v) is 3.91. The number of aliphatic carboxylic acids is 1. The van der Waals surface area contributed by atoms with E-state index in [0.29, 0.717) is 42.3 Å². The summed E-state index contributed by atoms with van der Waals surface area (Å²) in [6.45, 7) is 3.60. The first-order valence-electron chi connectivity index (χ1n) is 10.0. The van der Waals surface area contributed by atoms with Crippen LogP contribution < -0.4 is 10.2 Å². The number of fused-ring (bicyclic) bond motifs is 2. The number of carbonyl (C=O) groups is 3. The minimum absolute atomic E-state index is 0.106. The molecule has 8 nitrogen and oxygen atoms in total. The first kappa shape index (κ1) is 20.1. The molecule has 1 saturated heterocycles. The highest BCUT2D eigenvalue weighted by Gasteiger charge is 2.30. The van der Waals surface area contributed by atoms with Gasteiger partial charge in [0.15, 0.2) is 0 Å². The number of amides is 2. The first-order chi connectivity index (χ1) is 14.5. The van der Waals surface area contributed by atoms with Crippen LogP contribution in [0.3, 0.4) is 0 Å². The third-order valence-corrected chi connectivity index (χ3v) is 5.50. The van der Waals surface area contributed by atoms with E-state index in [1.54, 1.807) is 29.2 Å². The largest absolute Gasteiger partial charge is 0.481 e. The Morgan fingerprint density at radius 3 is 2.27 bits per heavy atom. The number of hydrogen-bond donors (Lipinski definition) is 2. The number of para-hydroxylation sites is 3. The Labute approximate surface area is 174 Å². The van der Waals surface area contributed by atoms with Gasteiger partial charge in [0.25, 0.3) is 5.91 Å². The van der Waals surface area contributed by atoms with Crippen LogP contribution in [-0.4, -0.2) is 72.0 Å². The van der Waals surface area contributed by atoms with Crippen molar-refractivity contribution in [2.75, 3.05) is 49.5 Å². The van der Waals surface area contributed by atoms with Gasteiger partial charge in [-0.3, -0.25) is 24.2 Å². The lowest BCUT2D eigenvalue weighted by atomic mass is 10.1. The molecule has 1 fully saturated rings. The normalized spacial score (nSPS) is 16.9. The molecular formula is C22H24N4O4. The number of hydrogen-bond acceptors (Lipinski definition) is 5. The number of nitrogens with zero attached hydrogens (tertiary/aromatic N) is 3. The van der Waals surface area contributed by atoms with E-state index in [9.17, 15) is 14.4 Å². The van der Waals surface area contributed by atoms with E-state index in [1.807, 2.05) is 24.3 Å². The fourth-order valence-electron chi connectivity index (χ4n) is 3.91. The van der Waals surface area contributed by atoms with Crippen LogP contribution in [0.2, 0.25) is 0 Å². The lowest BCUT2D eigenvalue weighted by Gasteiger charge is -2.35. The number of rotatable bonds is 5. The number of carbonyl (C=O) groups excluding carboxylic acids is 2. The summed E-state index contributed by atoms with van der Waals surface area (Å²) < 4.78 is 0. The van der Waals surface area contributed by atoms with Crippen molar-refractivity contribution in [1.29, 1.82) is 0 Å². The molecule has 2 aliphatic heterocycles. The summed E-state index contributed by atoms with van der Waals surface area (Å²) in [6, 6.07) is 14.4. The van der Waals surface area contributed by atoms with E-state index >= 15 is 0 Å². The summed E-state index contributed by atoms with van der Waals surface area (Å²) in [7, 11) is 0. The van der Waals surface area contributed by atoms with Crippen molar-refractivity contribution in [1.82, 2.24) is 9.80 Å². The summed E-state index contributed by atoms with van der Waals surface area (Å²) in [6.07, 6.45) is 0.126. The molecular weight excluding hydrogens is 384 g/mol. The minimum Gasteiger partial charge on any atom is -0.481 e. The highest BCUT2D eigenvalue weighted by molar-refractivity contribution is 6.17. The summed E-state index contributed by atoms with van der Waals surface area (Å²) >= 11 is 0. The summed E-state index contributed by atoms with van der Waals surface area (Å²) in [5, 5.41) is 11.7. The summed E-state index contributed by atoms with van der Waals surface area (Å²) in [4.78, 5) is 42.6. The van der Waals surface area contributed by atoms with Gasteiger partial charge in [-0.2, -0.15) is 0 Å². The van der Waals surface area contributed by atoms with Crippen LogP contribution in [-0.2, 0) is 9.59 Å². The fraction of sp³-hybridized carbons (Fsp3) is 0.318. The molecule has 2 heterocycles. The molecule has 0 unspecified atom stereocenters. The van der Waals surface area contributed by atoms with Gasteiger partial charge in [0.1, 0.15) is 0 Å². The van der Waals surface area contributed by atoms with Crippen LogP contribution in [0.25, 0.3) is 0 Å². The smallest absolute Gasteiger partial charge is 0.304 e. The lowest BCUT2D eigenvalue weighted by molar-refractivity contribution is -0.137. The van der Waals surface area contributed by atoms with E-state index in [0.717, 1.165) is 13.1 Å². The zero-order chi connectivity index (χ0) is 21.1. The predicted molar refractivity (Wildman–Crippen MR) is 113 cm³/mol. The number of nitrogens with one attached hydrogen (secondary N) is 1. The van der Waals surface area contributed by atoms with Crippen molar-refractivity contribution in [2.45, 2.75) is 6.42 Å². The molecule has 0 bridgehead atoms. The van der Waals surface area contributed by atoms with E-state index in [-0.39, 0.29) is 24.8 Å². The molecule has 2 amide bonds. The Bertz CT molecular complexity index is 969. The quantitative estimate of drug-likeness (QED) is 0.786. The molecule has 0 spiro atoms. The maximum atomic E-state index is 13.4. The van der Waals surface area contributed by atoms with E-state index in [4.69, 9.17) is 5.11 Å². The highest BCUT2D eigenvalue weighted by Crippen LogP contribution is 2.37. The minimum atomic E-state index is -0.797. The number of anilines is 3. The van der Waals surface area contributed by atoms with Gasteiger partial charge >= 0.3 is 5.97 Å². The van der Waals surface area contributed by atoms with Crippen molar-refractivity contribution in [3.63, 3.8) is 0 Å². The molecule has 4 rings (SSSR count). The van der Waals surface area contributed by atoms with Crippen molar-refractivity contribution in [3.8, 4) is 0 Å². The lowest BCUT2D eigenvalue weighted by Crippen LogP contribution is -2.50. The van der Waals surface area contributed by atoms with Crippen LogP contribution in [0.1, 0.15) is 16.8 Å². The van der Waals surface area contributed by atoms with Gasteiger partial charge in [-0.25, -0.2) is 0 Å². The van der Waals surface area contributed by atoms with Gasteiger partial charge in [0.05, 0.1) is 35.6 Å². The second-order valence-corrected chi connectivity index (χ2v) is 7.48. The van der Waals surface area contributed by atoms with Crippen LogP contribution in [0.4, 0.5) is 17.1 Å². The maximum absolute atomic E-state index is 13.4. The average molecular weight is 408 g/mol. The molecule has 0 aromatic heterocycles. The number of benzene rings is 2. The Balaban J connectivity index is 1.52. The van der Waals surface area contributed by atoms with Gasteiger partial charge in [-0.15, -0.1) is 0 Å². The van der Waals surface area contributed by atoms with Gasteiger partial charge in [0.2, 0.25) is 5.91 Å². The SMILES string of the molecule is O=C(O)CCN1CCN(CC(=O)N2c3ccccc3NC(=O)c3ccccc32)CC1. The summed E-state index contributed by atoms with van der Waals surface area (Å²) in [5.74, 6) is -1.14. The topological polar surface area (TPSA) is 93.2 Å². The van der Waals surface area contributed by atoms with Gasteiger partial charge in [-0.1, -0.05) is 24.3 Å². The van der Waals surface area contributed by atoms with Crippen LogP contribution in [0.15, 0.2) is 48.5 Å². The molecule has 2 aliphatic rings. The van der Waals surface area contributed by atoms with Crippen LogP contribution in [0.5, 0.6) is 0 Å². The molecule has 0 radical (unpaired) electrons. The van der Waals surface area contributed by atoms with Gasteiger partial charge < -0.3 is 15.3 Å². The van der Waals surface area contributed by atoms with E-state index in [2.05, 4.69) is 15.1 Å². The molecule has 0 aliphatic carbocycles. The summed E-state index contributed by atoms with van der Waals surface area (Å²) in [5.41, 5.74) is 2.29. The molecule has 0 atom stereocenters. The monoisotopic (exact) mass is 408 g/mol. The predicted octanol–water partition coefficient (Wildman–Crippen LogP) is 2.01. The third-order valence-electron chi connectivity index (χ3n) is 5.50. The number of carboxylic acids is 1. The zero-order valence-corrected chi connectivity index (χ0v) is 16.6. The van der Waals surface area contributed by atoms with Crippen molar-refractivity contribution in [2.24, 2.45) is 0 Å². The van der Waals surface area contributed by atoms with E-state index in [1.165, 1.54) is 0 Å². The molecule has 2 aromatic rings. The van der Waals surface area contributed by atoms with Crippen LogP contribution >= 0.6 is 0 Å². The number of piperazine rings is 1. The zero-order valence-electron chi connectivity index (χ0n) is 16.6. The highest BCUT2D eigenvalue weighted by atomic mass is 16.4. The second kappa shape index (κ2) is 8.64. The molecule has 8 heteroatoms. The van der Waals surface area contributed by atoms with Crippen molar-refractivity contribution < 1.29 is 19.5 Å². The Morgan fingerprint density at radius 2 is 1.53 bits per heavy atom. The van der Waals surface area contributed by atoms with Crippen molar-refractivity contribution in [3.05, 3.63) is 54.1 Å². The van der Waals surface area contributed by atoms with Gasteiger partial charge in [-0.05, 0) is 24.3 Å². The molecule has 156 valence electrons. The molecule has 30 heavy (non-hydrogen) atoms. The first-order valence-corrected chi connectivity index (χ1v) is 10.0. The second-order valence-electron chi connectivity index (χ2n) is 7.48. The molecule has 0 saturated carbocycles. The third kappa shape index (κ3) is 4.19. The average Bonchev–Trinajstić information content (AvgIpc) is 2.87. The molecule has 2 N–H and O–H groups in total. The Morgan fingerprint density at radius 1 is 0.900 bits per heavy atom. The van der Waals surface area contributed by atoms with Gasteiger partial charge in [0, 0.05) is 32.7 Å². The number of carboxylic acid groups (broad SMARTS) is 1. The van der Waals surface area contributed by atoms with Crippen LogP contribution in [0, 0.1) is 0 Å².